The first-order valence-corrected chi connectivity index (χ1v) is 4.69. The molecule has 1 aromatic carbocycles. The number of benzene rings is 1. The summed E-state index contributed by atoms with van der Waals surface area (Å²) in [5.74, 6) is 0. The minimum absolute atomic E-state index is 0.266. The lowest BCUT2D eigenvalue weighted by Gasteiger charge is -1.98. The zero-order chi connectivity index (χ0) is 11.5. The fraction of sp³-hybridized carbons (Fsp3) is 0. The molecule has 1 aromatic heterocycles. The molecule has 0 spiro atoms. The van der Waals surface area contributed by atoms with Crippen LogP contribution in [0.1, 0.15) is 0 Å². The van der Waals surface area contributed by atoms with E-state index >= 15 is 0 Å². The van der Waals surface area contributed by atoms with Crippen molar-refractivity contribution in [2.24, 2.45) is 0 Å². The average molecular weight is 217 g/mol. The van der Waals surface area contributed by atoms with E-state index in [0.717, 1.165) is 5.69 Å². The molecule has 0 radical (unpaired) electrons. The van der Waals surface area contributed by atoms with Crippen LogP contribution in [0.4, 0.5) is 0 Å². The molecule has 1 heterocycles. The maximum Gasteiger partial charge on any atom is 0.280 e. The fourth-order valence-electron chi connectivity index (χ4n) is 1.47. The number of hydroxylamine groups is 1. The topological polar surface area (TPSA) is 70.0 Å². The van der Waals surface area contributed by atoms with Crippen LogP contribution in [0, 0.1) is 0 Å². The Morgan fingerprint density at radius 2 is 2.06 bits per heavy atom. The third-order valence-electron chi connectivity index (χ3n) is 2.23. The number of H-pyrrole nitrogens is 1. The number of hydrogen-bond donors (Lipinski definition) is 3. The van der Waals surface area contributed by atoms with Gasteiger partial charge in [0.05, 0.1) is 16.3 Å². The number of aromatic amines is 1. The summed E-state index contributed by atoms with van der Waals surface area (Å²) >= 11 is 0. The van der Waals surface area contributed by atoms with Crippen LogP contribution in [0.3, 0.4) is 0 Å². The monoisotopic (exact) mass is 217 g/mol. The fourth-order valence-corrected chi connectivity index (χ4v) is 1.47. The zero-order valence-corrected chi connectivity index (χ0v) is 8.47. The normalized spacial score (nSPS) is 11.7. The standard InChI is InChI=1S/C11H11N3O2/c1-8-10(7-12-16)11(15)14(13-8)9-5-3-2-4-6-9/h2-7,12-13,16H,1H2. The summed E-state index contributed by atoms with van der Waals surface area (Å²) in [7, 11) is 0. The molecule has 3 N–H and O–H groups in total. The summed E-state index contributed by atoms with van der Waals surface area (Å²) in [5.41, 5.74) is 2.28. The molecule has 0 aliphatic heterocycles. The lowest BCUT2D eigenvalue weighted by Crippen LogP contribution is -2.35. The molecule has 5 nitrogen and oxygen atoms in total. The van der Waals surface area contributed by atoms with Crippen LogP contribution in [0.25, 0.3) is 18.5 Å². The van der Waals surface area contributed by atoms with E-state index in [1.54, 1.807) is 12.1 Å². The third kappa shape index (κ3) is 1.64. The maximum atomic E-state index is 11.9. The molecule has 0 aliphatic carbocycles. The van der Waals surface area contributed by atoms with Crippen LogP contribution in [0.15, 0.2) is 35.1 Å². The largest absolute Gasteiger partial charge is 0.292 e. The molecule has 2 aromatic rings. The van der Waals surface area contributed by atoms with Gasteiger partial charge in [0.2, 0.25) is 0 Å². The molecule has 2 rings (SSSR count). The van der Waals surface area contributed by atoms with Crippen LogP contribution in [0.5, 0.6) is 0 Å². The molecule has 0 saturated carbocycles. The highest BCUT2D eigenvalue weighted by Crippen LogP contribution is 1.99. The second-order valence-electron chi connectivity index (χ2n) is 3.25. The van der Waals surface area contributed by atoms with E-state index in [2.05, 4.69) is 11.7 Å². The van der Waals surface area contributed by atoms with Gasteiger partial charge in [-0.1, -0.05) is 24.8 Å². The van der Waals surface area contributed by atoms with Crippen LogP contribution >= 0.6 is 0 Å². The lowest BCUT2D eigenvalue weighted by molar-refractivity contribution is 0.230. The second-order valence-corrected chi connectivity index (χ2v) is 3.25. The first kappa shape index (κ1) is 10.3. The highest BCUT2D eigenvalue weighted by molar-refractivity contribution is 5.31. The van der Waals surface area contributed by atoms with Gasteiger partial charge >= 0.3 is 0 Å². The minimum Gasteiger partial charge on any atom is -0.292 e. The molecule has 5 heteroatoms. The summed E-state index contributed by atoms with van der Waals surface area (Å²) in [5, 5.41) is 12.1. The van der Waals surface area contributed by atoms with E-state index in [-0.39, 0.29) is 5.56 Å². The van der Waals surface area contributed by atoms with Crippen molar-refractivity contribution in [2.75, 3.05) is 0 Å². The van der Waals surface area contributed by atoms with Crippen molar-refractivity contribution in [1.29, 1.82) is 0 Å². The minimum atomic E-state index is -0.266. The van der Waals surface area contributed by atoms with E-state index in [4.69, 9.17) is 5.21 Å². The lowest BCUT2D eigenvalue weighted by atomic mass is 10.3. The number of hydrogen-bond acceptors (Lipinski definition) is 3. The van der Waals surface area contributed by atoms with E-state index < -0.39 is 0 Å². The smallest absolute Gasteiger partial charge is 0.280 e. The molecule has 0 saturated heterocycles. The molecule has 0 fully saturated rings. The van der Waals surface area contributed by atoms with Crippen molar-refractivity contribution in [1.82, 2.24) is 15.3 Å². The maximum absolute atomic E-state index is 11.9. The van der Waals surface area contributed by atoms with Gasteiger partial charge in [0.25, 0.3) is 5.56 Å². The predicted octanol–water partition coefficient (Wildman–Crippen LogP) is -0.707. The second kappa shape index (κ2) is 4.08. The quantitative estimate of drug-likeness (QED) is 0.582. The Morgan fingerprint density at radius 3 is 2.69 bits per heavy atom. The Hall–Kier alpha value is -2.27. The van der Waals surface area contributed by atoms with E-state index in [0.29, 0.717) is 10.6 Å². The number of aromatic nitrogens is 2. The summed E-state index contributed by atoms with van der Waals surface area (Å²) in [4.78, 5) is 11.9. The first-order valence-electron chi connectivity index (χ1n) is 4.69. The highest BCUT2D eigenvalue weighted by Gasteiger charge is 2.02. The number of para-hydroxylation sites is 1. The Labute approximate surface area is 90.9 Å². The first-order chi connectivity index (χ1) is 7.74. The summed E-state index contributed by atoms with van der Waals surface area (Å²) in [6.07, 6.45) is 1.20. The molecular formula is C11H11N3O2. The molecule has 0 bridgehead atoms. The van der Waals surface area contributed by atoms with Crippen molar-refractivity contribution in [3.8, 4) is 5.69 Å². The summed E-state index contributed by atoms with van der Waals surface area (Å²) in [6, 6.07) is 9.13. The van der Waals surface area contributed by atoms with E-state index in [9.17, 15) is 4.79 Å². The van der Waals surface area contributed by atoms with Gasteiger partial charge in [0.1, 0.15) is 0 Å². The summed E-state index contributed by atoms with van der Waals surface area (Å²) < 4.78 is 1.37. The van der Waals surface area contributed by atoms with Gasteiger partial charge in [-0.25, -0.2) is 4.68 Å². The number of rotatable bonds is 2. The van der Waals surface area contributed by atoms with Crippen LogP contribution in [-0.2, 0) is 0 Å². The molecule has 0 atom stereocenters. The van der Waals surface area contributed by atoms with Gasteiger partial charge < -0.3 is 0 Å². The van der Waals surface area contributed by atoms with Crippen molar-refractivity contribution in [3.05, 3.63) is 51.3 Å². The van der Waals surface area contributed by atoms with Crippen LogP contribution in [-0.4, -0.2) is 15.0 Å². The number of nitrogens with one attached hydrogen (secondary N) is 2. The molecule has 0 amide bonds. The third-order valence-corrected chi connectivity index (χ3v) is 2.23. The SMILES string of the molecule is C=c1[nH]n(-c2ccccc2)c(=O)c1=CNO. The Kier molecular flexibility index (Phi) is 2.61. The van der Waals surface area contributed by atoms with Crippen molar-refractivity contribution < 1.29 is 5.21 Å². The average Bonchev–Trinajstić information content (AvgIpc) is 2.59. The molecule has 82 valence electrons. The van der Waals surface area contributed by atoms with Crippen molar-refractivity contribution in [2.45, 2.75) is 0 Å². The zero-order valence-electron chi connectivity index (χ0n) is 8.47. The van der Waals surface area contributed by atoms with Crippen molar-refractivity contribution >= 4 is 12.8 Å². The summed E-state index contributed by atoms with van der Waals surface area (Å²) in [6.45, 7) is 3.69. The molecular weight excluding hydrogens is 206 g/mol. The Balaban J connectivity index is 2.71. The Bertz CT molecular complexity index is 640. The van der Waals surface area contributed by atoms with Gasteiger partial charge in [0.15, 0.2) is 0 Å². The van der Waals surface area contributed by atoms with Gasteiger partial charge in [-0.05, 0) is 12.1 Å². The van der Waals surface area contributed by atoms with E-state index in [1.807, 2.05) is 23.7 Å². The Morgan fingerprint density at radius 1 is 1.38 bits per heavy atom. The van der Waals surface area contributed by atoms with Gasteiger partial charge in [-0.2, -0.15) is 0 Å². The van der Waals surface area contributed by atoms with E-state index in [1.165, 1.54) is 10.9 Å². The van der Waals surface area contributed by atoms with Gasteiger partial charge in [-0.15, -0.1) is 0 Å². The molecule has 16 heavy (non-hydrogen) atoms. The van der Waals surface area contributed by atoms with Crippen LogP contribution < -0.4 is 21.6 Å². The van der Waals surface area contributed by atoms with Crippen molar-refractivity contribution in [3.63, 3.8) is 0 Å². The van der Waals surface area contributed by atoms with Crippen LogP contribution in [0.2, 0.25) is 0 Å². The predicted molar refractivity (Wildman–Crippen MR) is 60.5 cm³/mol. The highest BCUT2D eigenvalue weighted by atomic mass is 16.5. The van der Waals surface area contributed by atoms with Gasteiger partial charge in [0, 0.05) is 6.20 Å². The van der Waals surface area contributed by atoms with Gasteiger partial charge in [-0.3, -0.25) is 20.6 Å². The molecule has 0 unspecified atom stereocenters. The molecule has 0 aliphatic rings. The number of nitrogens with zero attached hydrogens (tertiary/aromatic N) is 1.